The van der Waals surface area contributed by atoms with E-state index in [9.17, 15) is 14.4 Å². The molecule has 6 heteroatoms. The molecule has 1 atom stereocenters. The molecule has 0 amide bonds. The number of hydrogen-bond donors (Lipinski definition) is 0. The predicted molar refractivity (Wildman–Crippen MR) is 64.8 cm³/mol. The Kier molecular flexibility index (Phi) is 9.52. The number of hydrogen-bond acceptors (Lipinski definition) is 6. The van der Waals surface area contributed by atoms with E-state index >= 15 is 0 Å². The summed E-state index contributed by atoms with van der Waals surface area (Å²) in [7, 11) is 2.67. The summed E-state index contributed by atoms with van der Waals surface area (Å²) >= 11 is 1.40. The Bertz CT molecular complexity index is 232. The lowest BCUT2D eigenvalue weighted by atomic mass is 10.2. The highest BCUT2D eigenvalue weighted by Crippen LogP contribution is 2.16. The summed E-state index contributed by atoms with van der Waals surface area (Å²) in [5.74, 6) is -0.000170. The van der Waals surface area contributed by atoms with Crippen molar-refractivity contribution in [3.05, 3.63) is 0 Å². The maximum Gasteiger partial charge on any atom is 0.306 e. The Morgan fingerprint density at radius 1 is 1.18 bits per heavy atom. The summed E-state index contributed by atoms with van der Waals surface area (Å²) in [5.41, 5.74) is 0. The highest BCUT2D eigenvalue weighted by Gasteiger charge is 2.10. The highest BCUT2D eigenvalue weighted by atomic mass is 32.2. The van der Waals surface area contributed by atoms with Crippen LogP contribution < -0.4 is 0 Å². The first-order valence-electron chi connectivity index (χ1n) is 5.34. The van der Waals surface area contributed by atoms with Crippen LogP contribution in [0.3, 0.4) is 0 Å². The molecule has 0 rings (SSSR count). The second-order valence-electron chi connectivity index (χ2n) is 3.34. The summed E-state index contributed by atoms with van der Waals surface area (Å²) < 4.78 is 8.99. The molecule has 0 fully saturated rings. The molecule has 0 aromatic carbocycles. The molecule has 0 saturated carbocycles. The van der Waals surface area contributed by atoms with Gasteiger partial charge in [0.2, 0.25) is 0 Å². The van der Waals surface area contributed by atoms with Gasteiger partial charge in [-0.15, -0.1) is 0 Å². The van der Waals surface area contributed by atoms with Crippen molar-refractivity contribution in [1.82, 2.24) is 0 Å². The third-order valence-corrected chi connectivity index (χ3v) is 3.33. The minimum absolute atomic E-state index is 0.177. The van der Waals surface area contributed by atoms with Crippen LogP contribution in [0, 0.1) is 0 Å². The Labute approximate surface area is 105 Å². The molecule has 0 aromatic heterocycles. The molecular weight excluding hydrogens is 244 g/mol. The fraction of sp³-hybridized carbons (Fsp3) is 0.727. The van der Waals surface area contributed by atoms with Gasteiger partial charge in [-0.25, -0.2) is 0 Å². The number of aldehydes is 1. The summed E-state index contributed by atoms with van der Waals surface area (Å²) in [6.45, 7) is 0. The number of carbonyl (C=O) groups excluding carboxylic acids is 3. The lowest BCUT2D eigenvalue weighted by molar-refractivity contribution is -0.141. The van der Waals surface area contributed by atoms with Gasteiger partial charge in [-0.1, -0.05) is 0 Å². The fourth-order valence-electron chi connectivity index (χ4n) is 1.14. The first-order chi connectivity index (χ1) is 8.13. The number of ether oxygens (including phenoxy) is 2. The Morgan fingerprint density at radius 3 is 2.29 bits per heavy atom. The van der Waals surface area contributed by atoms with Gasteiger partial charge >= 0.3 is 11.9 Å². The van der Waals surface area contributed by atoms with Crippen LogP contribution in [-0.4, -0.2) is 43.4 Å². The number of rotatable bonds is 9. The van der Waals surface area contributed by atoms with Gasteiger partial charge in [0.15, 0.2) is 0 Å². The van der Waals surface area contributed by atoms with E-state index in [1.165, 1.54) is 26.0 Å². The molecule has 5 nitrogen and oxygen atoms in total. The van der Waals surface area contributed by atoms with Crippen molar-refractivity contribution >= 4 is 30.0 Å². The topological polar surface area (TPSA) is 69.7 Å². The Balaban J connectivity index is 3.66. The van der Waals surface area contributed by atoms with Gasteiger partial charge in [-0.2, -0.15) is 11.8 Å². The van der Waals surface area contributed by atoms with Crippen LogP contribution in [0.1, 0.15) is 25.7 Å². The van der Waals surface area contributed by atoms with Gasteiger partial charge in [-0.05, 0) is 12.8 Å². The Morgan fingerprint density at radius 2 is 1.76 bits per heavy atom. The molecule has 17 heavy (non-hydrogen) atoms. The second kappa shape index (κ2) is 10.1. The van der Waals surface area contributed by atoms with E-state index in [4.69, 9.17) is 0 Å². The third-order valence-electron chi connectivity index (χ3n) is 2.11. The van der Waals surface area contributed by atoms with E-state index in [1.54, 1.807) is 0 Å². The first kappa shape index (κ1) is 16.0. The van der Waals surface area contributed by atoms with E-state index in [0.29, 0.717) is 31.4 Å². The molecule has 0 aromatic rings. The molecule has 0 radical (unpaired) electrons. The lowest BCUT2D eigenvalue weighted by Crippen LogP contribution is -2.09. The summed E-state index contributed by atoms with van der Waals surface area (Å²) in [5, 5.41) is -0.177. The van der Waals surface area contributed by atoms with Gasteiger partial charge in [-0.3, -0.25) is 9.59 Å². The first-order valence-corrected chi connectivity index (χ1v) is 6.39. The molecular formula is C11H18O5S. The quantitative estimate of drug-likeness (QED) is 0.459. The largest absolute Gasteiger partial charge is 0.469 e. The van der Waals surface area contributed by atoms with Crippen molar-refractivity contribution in [2.24, 2.45) is 0 Å². The molecule has 98 valence electrons. The van der Waals surface area contributed by atoms with Crippen LogP contribution in [0.2, 0.25) is 0 Å². The Hall–Kier alpha value is -1.04. The van der Waals surface area contributed by atoms with E-state index in [-0.39, 0.29) is 17.2 Å². The van der Waals surface area contributed by atoms with E-state index < -0.39 is 0 Å². The normalized spacial score (nSPS) is 11.6. The molecule has 0 saturated heterocycles. The van der Waals surface area contributed by atoms with Crippen molar-refractivity contribution in [3.63, 3.8) is 0 Å². The zero-order valence-electron chi connectivity index (χ0n) is 10.1. The second-order valence-corrected chi connectivity index (χ2v) is 4.69. The van der Waals surface area contributed by atoms with Crippen molar-refractivity contribution in [2.45, 2.75) is 30.9 Å². The number of thioether (sulfide) groups is 1. The van der Waals surface area contributed by atoms with Gasteiger partial charge in [0, 0.05) is 12.2 Å². The van der Waals surface area contributed by atoms with Crippen molar-refractivity contribution in [1.29, 1.82) is 0 Å². The molecule has 0 aliphatic rings. The molecule has 0 N–H and O–H groups in total. The summed E-state index contributed by atoms with van der Waals surface area (Å²) in [6, 6.07) is 0. The standard InChI is InChI=1S/C11H18O5S/c1-15-10(13)5-3-4-9(8-12)17-7-6-11(14)16-2/h8-9H,3-7H2,1-2H3. The zero-order valence-corrected chi connectivity index (χ0v) is 11.0. The van der Waals surface area contributed by atoms with Crippen molar-refractivity contribution in [3.8, 4) is 0 Å². The van der Waals surface area contributed by atoms with Crippen LogP contribution in [0.15, 0.2) is 0 Å². The van der Waals surface area contributed by atoms with Gasteiger partial charge in [0.1, 0.15) is 6.29 Å². The highest BCUT2D eigenvalue weighted by molar-refractivity contribution is 8.00. The van der Waals surface area contributed by atoms with Gasteiger partial charge in [0.05, 0.1) is 25.9 Å². The zero-order chi connectivity index (χ0) is 13.1. The van der Waals surface area contributed by atoms with E-state index in [1.807, 2.05) is 0 Å². The molecule has 0 bridgehead atoms. The van der Waals surface area contributed by atoms with Crippen LogP contribution in [0.5, 0.6) is 0 Å². The number of esters is 2. The minimum Gasteiger partial charge on any atom is -0.469 e. The summed E-state index contributed by atoms with van der Waals surface area (Å²) in [6.07, 6.45) is 2.69. The monoisotopic (exact) mass is 262 g/mol. The van der Waals surface area contributed by atoms with E-state index in [2.05, 4.69) is 9.47 Å². The lowest BCUT2D eigenvalue weighted by Gasteiger charge is -2.08. The number of methoxy groups -OCH3 is 2. The van der Waals surface area contributed by atoms with Crippen LogP contribution >= 0.6 is 11.8 Å². The smallest absolute Gasteiger partial charge is 0.306 e. The predicted octanol–water partition coefficient (Wildman–Crippen LogP) is 1.19. The summed E-state index contributed by atoms with van der Waals surface area (Å²) in [4.78, 5) is 32.4. The SMILES string of the molecule is COC(=O)CCCC(C=O)SCCC(=O)OC. The van der Waals surface area contributed by atoms with Crippen molar-refractivity contribution < 1.29 is 23.9 Å². The van der Waals surface area contributed by atoms with E-state index in [0.717, 1.165) is 6.29 Å². The maximum absolute atomic E-state index is 10.8. The molecule has 1 unspecified atom stereocenters. The minimum atomic E-state index is -0.281. The maximum atomic E-state index is 10.8. The van der Waals surface area contributed by atoms with Crippen molar-refractivity contribution in [2.75, 3.05) is 20.0 Å². The average molecular weight is 262 g/mol. The fourth-order valence-corrected chi connectivity index (χ4v) is 2.14. The van der Waals surface area contributed by atoms with Crippen LogP contribution in [0.4, 0.5) is 0 Å². The molecule has 0 aliphatic heterocycles. The number of carbonyl (C=O) groups is 3. The molecule has 0 heterocycles. The van der Waals surface area contributed by atoms with Gasteiger partial charge < -0.3 is 14.3 Å². The van der Waals surface area contributed by atoms with Crippen LogP contribution in [0.25, 0.3) is 0 Å². The molecule has 0 aliphatic carbocycles. The molecule has 0 spiro atoms. The van der Waals surface area contributed by atoms with Gasteiger partial charge in [0.25, 0.3) is 0 Å². The van der Waals surface area contributed by atoms with Crippen LogP contribution in [-0.2, 0) is 23.9 Å². The third kappa shape index (κ3) is 8.74. The average Bonchev–Trinajstić information content (AvgIpc) is 2.36.